The molecule has 0 bridgehead atoms. The molecular formula is C20H23N3O5S. The molecule has 0 spiro atoms. The SMILES string of the molecule is Cc1ccc(C)c(S(=O)(=O)N2CCC(C(=O)Nc3cccc([N+](=O)[O-])c3)CC2)c1. The number of piperidine rings is 1. The third-order valence-corrected chi connectivity index (χ3v) is 7.15. The van der Waals surface area contributed by atoms with E-state index < -0.39 is 14.9 Å². The van der Waals surface area contributed by atoms with Crippen molar-refractivity contribution in [2.24, 2.45) is 5.92 Å². The minimum absolute atomic E-state index is 0.0998. The number of benzene rings is 2. The Morgan fingerprint density at radius 3 is 2.48 bits per heavy atom. The quantitative estimate of drug-likeness (QED) is 0.593. The molecule has 8 nitrogen and oxygen atoms in total. The predicted molar refractivity (Wildman–Crippen MR) is 109 cm³/mol. The van der Waals surface area contributed by atoms with Gasteiger partial charge in [-0.1, -0.05) is 18.2 Å². The van der Waals surface area contributed by atoms with Gasteiger partial charge in [0.25, 0.3) is 5.69 Å². The van der Waals surface area contributed by atoms with Crippen LogP contribution in [-0.4, -0.2) is 36.6 Å². The van der Waals surface area contributed by atoms with Gasteiger partial charge in [-0.25, -0.2) is 8.42 Å². The first-order valence-electron chi connectivity index (χ1n) is 9.31. The summed E-state index contributed by atoms with van der Waals surface area (Å²) < 4.78 is 27.4. The lowest BCUT2D eigenvalue weighted by Gasteiger charge is -2.31. The van der Waals surface area contributed by atoms with E-state index >= 15 is 0 Å². The zero-order valence-electron chi connectivity index (χ0n) is 16.3. The van der Waals surface area contributed by atoms with E-state index in [-0.39, 0.29) is 30.6 Å². The molecule has 0 radical (unpaired) electrons. The van der Waals surface area contributed by atoms with Crippen molar-refractivity contribution >= 4 is 27.3 Å². The summed E-state index contributed by atoms with van der Waals surface area (Å²) in [6.45, 7) is 4.12. The third-order valence-electron chi connectivity index (χ3n) is 5.11. The molecule has 1 amide bonds. The summed E-state index contributed by atoms with van der Waals surface area (Å²) in [5.41, 5.74) is 1.83. The topological polar surface area (TPSA) is 110 Å². The van der Waals surface area contributed by atoms with Crippen LogP contribution in [0, 0.1) is 29.9 Å². The summed E-state index contributed by atoms with van der Waals surface area (Å²) in [6, 6.07) is 11.1. The molecule has 0 aromatic heterocycles. The van der Waals surface area contributed by atoms with Gasteiger partial charge in [0.1, 0.15) is 0 Å². The number of carbonyl (C=O) groups excluding carboxylic acids is 1. The average molecular weight is 417 g/mol. The van der Waals surface area contributed by atoms with E-state index in [4.69, 9.17) is 0 Å². The third kappa shape index (κ3) is 4.63. The number of rotatable bonds is 5. The summed E-state index contributed by atoms with van der Waals surface area (Å²) >= 11 is 0. The number of hydrogen-bond donors (Lipinski definition) is 1. The Bertz CT molecular complexity index is 1040. The largest absolute Gasteiger partial charge is 0.326 e. The first-order chi connectivity index (χ1) is 13.7. The molecule has 9 heteroatoms. The first kappa shape index (κ1) is 20.9. The van der Waals surface area contributed by atoms with Crippen LogP contribution in [0.25, 0.3) is 0 Å². The van der Waals surface area contributed by atoms with Crippen LogP contribution in [0.2, 0.25) is 0 Å². The van der Waals surface area contributed by atoms with Crippen LogP contribution in [0.1, 0.15) is 24.0 Å². The molecule has 2 aromatic rings. The fourth-order valence-corrected chi connectivity index (χ4v) is 5.20. The fourth-order valence-electron chi connectivity index (χ4n) is 3.42. The number of anilines is 1. The van der Waals surface area contributed by atoms with Crippen LogP contribution < -0.4 is 5.32 Å². The van der Waals surface area contributed by atoms with Crippen molar-refractivity contribution in [3.8, 4) is 0 Å². The number of nitrogens with one attached hydrogen (secondary N) is 1. The van der Waals surface area contributed by atoms with Gasteiger partial charge in [-0.15, -0.1) is 0 Å². The number of carbonyl (C=O) groups is 1. The van der Waals surface area contributed by atoms with Crippen LogP contribution in [0.15, 0.2) is 47.4 Å². The van der Waals surface area contributed by atoms with Crippen molar-refractivity contribution in [3.05, 3.63) is 63.7 Å². The van der Waals surface area contributed by atoms with Crippen molar-refractivity contribution in [2.75, 3.05) is 18.4 Å². The van der Waals surface area contributed by atoms with Crippen molar-refractivity contribution in [1.29, 1.82) is 0 Å². The van der Waals surface area contributed by atoms with Gasteiger partial charge in [0.15, 0.2) is 0 Å². The zero-order valence-corrected chi connectivity index (χ0v) is 17.1. The number of aryl methyl sites for hydroxylation is 2. The Balaban J connectivity index is 1.65. The van der Waals surface area contributed by atoms with E-state index in [0.717, 1.165) is 5.56 Å². The van der Waals surface area contributed by atoms with Gasteiger partial charge < -0.3 is 5.32 Å². The maximum absolute atomic E-state index is 13.0. The molecule has 3 rings (SSSR count). The summed E-state index contributed by atoms with van der Waals surface area (Å²) in [4.78, 5) is 23.2. The van der Waals surface area contributed by atoms with E-state index in [1.165, 1.54) is 22.5 Å². The highest BCUT2D eigenvalue weighted by atomic mass is 32.2. The van der Waals surface area contributed by atoms with E-state index in [0.29, 0.717) is 29.0 Å². The summed E-state index contributed by atoms with van der Waals surface area (Å²) in [5, 5.41) is 13.6. The molecule has 1 heterocycles. The minimum atomic E-state index is -3.61. The Kier molecular flexibility index (Phi) is 5.99. The van der Waals surface area contributed by atoms with Crippen molar-refractivity contribution in [3.63, 3.8) is 0 Å². The summed E-state index contributed by atoms with van der Waals surface area (Å²) in [6.07, 6.45) is 0.787. The molecular weight excluding hydrogens is 394 g/mol. The van der Waals surface area contributed by atoms with Crippen LogP contribution in [0.3, 0.4) is 0 Å². The second kappa shape index (κ2) is 8.30. The first-order valence-corrected chi connectivity index (χ1v) is 10.8. The highest BCUT2D eigenvalue weighted by Gasteiger charge is 2.33. The molecule has 0 unspecified atom stereocenters. The van der Waals surface area contributed by atoms with E-state index in [2.05, 4.69) is 5.32 Å². The number of nitro benzene ring substituents is 1. The van der Waals surface area contributed by atoms with Crippen LogP contribution >= 0.6 is 0 Å². The molecule has 1 aliphatic rings. The highest BCUT2D eigenvalue weighted by Crippen LogP contribution is 2.27. The Morgan fingerprint density at radius 1 is 1.14 bits per heavy atom. The Hall–Kier alpha value is -2.78. The number of amides is 1. The molecule has 154 valence electrons. The van der Waals surface area contributed by atoms with Gasteiger partial charge in [-0.2, -0.15) is 4.31 Å². The van der Waals surface area contributed by atoms with Crippen molar-refractivity contribution in [2.45, 2.75) is 31.6 Å². The number of nitro groups is 1. The molecule has 1 N–H and O–H groups in total. The normalized spacial score (nSPS) is 15.8. The van der Waals surface area contributed by atoms with Crippen molar-refractivity contribution < 1.29 is 18.1 Å². The monoisotopic (exact) mass is 417 g/mol. The van der Waals surface area contributed by atoms with Gasteiger partial charge >= 0.3 is 0 Å². The van der Waals surface area contributed by atoms with E-state index in [9.17, 15) is 23.3 Å². The predicted octanol–water partition coefficient (Wildman–Crippen LogP) is 3.25. The summed E-state index contributed by atoms with van der Waals surface area (Å²) in [5.74, 6) is -0.603. The molecule has 0 aliphatic carbocycles. The molecule has 0 saturated carbocycles. The van der Waals surface area contributed by atoms with Gasteiger partial charge in [-0.05, 0) is 49.9 Å². The van der Waals surface area contributed by atoms with Gasteiger partial charge in [-0.3, -0.25) is 14.9 Å². The lowest BCUT2D eigenvalue weighted by atomic mass is 9.97. The number of sulfonamides is 1. The molecule has 2 aromatic carbocycles. The number of hydrogen-bond acceptors (Lipinski definition) is 5. The van der Waals surface area contributed by atoms with Crippen LogP contribution in [0.5, 0.6) is 0 Å². The Labute approximate surface area is 169 Å². The van der Waals surface area contributed by atoms with Crippen LogP contribution in [-0.2, 0) is 14.8 Å². The molecule has 1 fully saturated rings. The summed E-state index contributed by atoms with van der Waals surface area (Å²) in [7, 11) is -3.61. The minimum Gasteiger partial charge on any atom is -0.326 e. The van der Waals surface area contributed by atoms with Gasteiger partial charge in [0.05, 0.1) is 9.82 Å². The lowest BCUT2D eigenvalue weighted by molar-refractivity contribution is -0.384. The zero-order chi connectivity index (χ0) is 21.2. The number of nitrogens with zero attached hydrogens (tertiary/aromatic N) is 2. The molecule has 1 aliphatic heterocycles. The van der Waals surface area contributed by atoms with Gasteiger partial charge in [0.2, 0.25) is 15.9 Å². The average Bonchev–Trinajstić information content (AvgIpc) is 2.70. The highest BCUT2D eigenvalue weighted by molar-refractivity contribution is 7.89. The standard InChI is InChI=1S/C20H23N3O5S/c1-14-6-7-15(2)19(12-14)29(27,28)22-10-8-16(9-11-22)20(24)21-17-4-3-5-18(13-17)23(25)26/h3-7,12-13,16H,8-11H2,1-2H3,(H,21,24). The maximum atomic E-state index is 13.0. The van der Waals surface area contributed by atoms with E-state index in [1.807, 2.05) is 13.0 Å². The molecule has 1 saturated heterocycles. The fraction of sp³-hybridized carbons (Fsp3) is 0.350. The Morgan fingerprint density at radius 2 is 1.83 bits per heavy atom. The van der Waals surface area contributed by atoms with Crippen molar-refractivity contribution in [1.82, 2.24) is 4.31 Å². The molecule has 29 heavy (non-hydrogen) atoms. The smallest absolute Gasteiger partial charge is 0.271 e. The lowest BCUT2D eigenvalue weighted by Crippen LogP contribution is -2.41. The van der Waals surface area contributed by atoms with Crippen LogP contribution in [0.4, 0.5) is 11.4 Å². The maximum Gasteiger partial charge on any atom is 0.271 e. The second-order valence-electron chi connectivity index (χ2n) is 7.24. The van der Waals surface area contributed by atoms with Gasteiger partial charge in [0, 0.05) is 36.8 Å². The second-order valence-corrected chi connectivity index (χ2v) is 9.15. The number of non-ortho nitro benzene ring substituents is 1. The molecule has 0 atom stereocenters. The van der Waals surface area contributed by atoms with E-state index in [1.54, 1.807) is 25.1 Å².